The first-order chi connectivity index (χ1) is 8.69. The second kappa shape index (κ2) is 7.79. The maximum absolute atomic E-state index is 11.9. The Hall–Kier alpha value is 0.126. The summed E-state index contributed by atoms with van der Waals surface area (Å²) >= 11 is 11.7. The van der Waals surface area contributed by atoms with E-state index in [9.17, 15) is 4.79 Å². The minimum Gasteiger partial charge on any atom is -1.00 e. The van der Waals surface area contributed by atoms with Crippen molar-refractivity contribution in [3.8, 4) is 0 Å². The number of rotatable bonds is 3. The largest absolute Gasteiger partial charge is 1.00 e. The van der Waals surface area contributed by atoms with Crippen LogP contribution in [0.3, 0.4) is 0 Å². The predicted molar refractivity (Wildman–Crippen MR) is 72.6 cm³/mol. The molecular formula is C14H11Cl2KO2. The van der Waals surface area contributed by atoms with Crippen LogP contribution in [0.5, 0.6) is 0 Å². The minimum absolute atomic E-state index is 0. The van der Waals surface area contributed by atoms with E-state index in [2.05, 4.69) is 4.29 Å². The molecule has 0 N–H and O–H groups in total. The molecule has 0 amide bonds. The Labute approximate surface area is 166 Å². The van der Waals surface area contributed by atoms with Gasteiger partial charge in [-0.2, -0.15) is 0 Å². The molecule has 0 saturated carbocycles. The molecule has 0 aliphatic heterocycles. The van der Waals surface area contributed by atoms with E-state index in [0.29, 0.717) is 11.1 Å². The summed E-state index contributed by atoms with van der Waals surface area (Å²) in [7, 11) is 0. The Morgan fingerprint density at radius 1 is 0.947 bits per heavy atom. The molecule has 5 heteroatoms. The first-order valence-corrected chi connectivity index (χ1v) is 6.01. The maximum atomic E-state index is 11.9. The normalized spacial score (nSPS) is 10.4. The fourth-order valence-corrected chi connectivity index (χ4v) is 2.24. The Morgan fingerprint density at radius 3 is 1.63 bits per heavy atom. The van der Waals surface area contributed by atoms with Gasteiger partial charge in [0.2, 0.25) is 0 Å². The number of hydrogen-bond acceptors (Lipinski definition) is 2. The molecule has 2 aromatic carbocycles. The summed E-state index contributed by atoms with van der Waals surface area (Å²) < 4.78 is 4.33. The van der Waals surface area contributed by atoms with E-state index in [4.69, 9.17) is 23.5 Å². The number of carbonyl (C=O) groups excluding carboxylic acids is 1. The Bertz CT molecular complexity index is 498. The summed E-state index contributed by atoms with van der Waals surface area (Å²) in [6.45, 7) is 0. The average molecular weight is 321 g/mol. The van der Waals surface area contributed by atoms with Crippen molar-refractivity contribution >= 4 is 29.4 Å². The summed E-state index contributed by atoms with van der Waals surface area (Å²) in [5.41, 5.74) is 1.23. The standard InChI is InChI=1S/C14H10Cl2O2.K.H/c15-14(13(17)18-16,11-7-3-1-4-8-11)12-9-5-2-6-10-12;;/h1-10H;;/q;+1;-1. The summed E-state index contributed by atoms with van der Waals surface area (Å²) in [6.07, 6.45) is 0. The van der Waals surface area contributed by atoms with Crippen LogP contribution in [0.4, 0.5) is 0 Å². The second-order valence-corrected chi connectivity index (χ2v) is 4.48. The minimum atomic E-state index is -1.43. The van der Waals surface area contributed by atoms with Crippen LogP contribution in [-0.2, 0) is 14.0 Å². The molecule has 0 aliphatic rings. The van der Waals surface area contributed by atoms with Crippen molar-refractivity contribution in [1.29, 1.82) is 0 Å². The van der Waals surface area contributed by atoms with E-state index in [0.717, 1.165) is 0 Å². The van der Waals surface area contributed by atoms with Crippen LogP contribution in [0.25, 0.3) is 0 Å². The quantitative estimate of drug-likeness (QED) is 0.622. The topological polar surface area (TPSA) is 26.3 Å². The first kappa shape index (κ1) is 17.2. The fraction of sp³-hybridized carbons (Fsp3) is 0.0714. The molecular weight excluding hydrogens is 310 g/mol. The van der Waals surface area contributed by atoms with E-state index in [1.54, 1.807) is 48.5 Å². The van der Waals surface area contributed by atoms with Gasteiger partial charge in [-0.15, -0.1) is 0 Å². The van der Waals surface area contributed by atoms with Gasteiger partial charge in [-0.1, -0.05) is 72.3 Å². The van der Waals surface area contributed by atoms with Gasteiger partial charge in [0, 0.05) is 0 Å². The smallest absolute Gasteiger partial charge is 1.00 e. The molecule has 0 spiro atoms. The van der Waals surface area contributed by atoms with Gasteiger partial charge < -0.3 is 5.72 Å². The zero-order valence-electron chi connectivity index (χ0n) is 11.3. The number of benzene rings is 2. The molecule has 0 saturated heterocycles. The van der Waals surface area contributed by atoms with E-state index in [-0.39, 0.29) is 52.8 Å². The molecule has 0 aromatic heterocycles. The van der Waals surface area contributed by atoms with Crippen molar-refractivity contribution in [2.24, 2.45) is 0 Å². The van der Waals surface area contributed by atoms with Gasteiger partial charge in [0.25, 0.3) is 0 Å². The van der Waals surface area contributed by atoms with E-state index in [1.807, 2.05) is 12.1 Å². The summed E-state index contributed by atoms with van der Waals surface area (Å²) in [5, 5.41) is 0. The van der Waals surface area contributed by atoms with Crippen LogP contribution in [0.15, 0.2) is 60.7 Å². The van der Waals surface area contributed by atoms with Gasteiger partial charge in [0.05, 0.1) is 0 Å². The van der Waals surface area contributed by atoms with Crippen LogP contribution in [0.1, 0.15) is 12.6 Å². The molecule has 0 unspecified atom stereocenters. The molecule has 2 nitrogen and oxygen atoms in total. The zero-order valence-corrected chi connectivity index (χ0v) is 15.0. The molecule has 0 radical (unpaired) electrons. The molecule has 0 fully saturated rings. The molecule has 2 rings (SSSR count). The second-order valence-electron chi connectivity index (χ2n) is 3.76. The Kier molecular flexibility index (Phi) is 7.04. The van der Waals surface area contributed by atoms with Crippen molar-refractivity contribution in [2.45, 2.75) is 4.87 Å². The van der Waals surface area contributed by atoms with Gasteiger partial charge in [-0.3, -0.25) is 0 Å². The average Bonchev–Trinajstić information content (AvgIpc) is 2.47. The molecule has 94 valence electrons. The fourth-order valence-electron chi connectivity index (χ4n) is 1.79. The van der Waals surface area contributed by atoms with Crippen LogP contribution < -0.4 is 51.4 Å². The van der Waals surface area contributed by atoms with Crippen molar-refractivity contribution in [3.63, 3.8) is 0 Å². The Balaban J connectivity index is 0.00000180. The van der Waals surface area contributed by atoms with Crippen molar-refractivity contribution in [3.05, 3.63) is 71.8 Å². The summed E-state index contributed by atoms with van der Waals surface area (Å²) in [5.74, 6) is -0.719. The van der Waals surface area contributed by atoms with E-state index < -0.39 is 10.8 Å². The Morgan fingerprint density at radius 2 is 1.32 bits per heavy atom. The summed E-state index contributed by atoms with van der Waals surface area (Å²) in [4.78, 5) is 10.5. The summed E-state index contributed by atoms with van der Waals surface area (Å²) in [6, 6.07) is 17.9. The first-order valence-electron chi connectivity index (χ1n) is 5.32. The van der Waals surface area contributed by atoms with Gasteiger partial charge in [0.1, 0.15) is 11.9 Å². The third kappa shape index (κ3) is 3.61. The number of carbonyl (C=O) groups is 1. The number of hydrogen-bond donors (Lipinski definition) is 0. The third-order valence-electron chi connectivity index (χ3n) is 2.69. The molecule has 0 bridgehead atoms. The van der Waals surface area contributed by atoms with Gasteiger partial charge >= 0.3 is 57.4 Å². The van der Waals surface area contributed by atoms with Crippen molar-refractivity contribution in [1.82, 2.24) is 0 Å². The van der Waals surface area contributed by atoms with E-state index >= 15 is 0 Å². The zero-order chi connectivity index (χ0) is 13.0. The van der Waals surface area contributed by atoms with E-state index in [1.165, 1.54) is 0 Å². The molecule has 19 heavy (non-hydrogen) atoms. The van der Waals surface area contributed by atoms with Gasteiger partial charge in [0.15, 0.2) is 4.87 Å². The predicted octanol–water partition coefficient (Wildman–Crippen LogP) is 0.982. The van der Waals surface area contributed by atoms with Crippen LogP contribution in [-0.4, -0.2) is 5.97 Å². The molecule has 2 aromatic rings. The van der Waals surface area contributed by atoms with Crippen molar-refractivity contribution < 1.29 is 61.9 Å². The monoisotopic (exact) mass is 320 g/mol. The number of alkyl halides is 1. The third-order valence-corrected chi connectivity index (χ3v) is 3.43. The SMILES string of the molecule is O=C(OCl)C(Cl)(c1ccccc1)c1ccccc1.[H-].[K+]. The van der Waals surface area contributed by atoms with Crippen LogP contribution in [0, 0.1) is 0 Å². The van der Waals surface area contributed by atoms with Gasteiger partial charge in [-0.25, -0.2) is 4.79 Å². The molecule has 0 heterocycles. The maximum Gasteiger partial charge on any atom is 1.00 e. The van der Waals surface area contributed by atoms with Gasteiger partial charge in [-0.05, 0) is 11.1 Å². The van der Waals surface area contributed by atoms with Crippen LogP contribution >= 0.6 is 23.5 Å². The van der Waals surface area contributed by atoms with Crippen LogP contribution in [0.2, 0.25) is 0 Å². The molecule has 0 atom stereocenters. The van der Waals surface area contributed by atoms with Crippen molar-refractivity contribution in [2.75, 3.05) is 0 Å². The molecule has 0 aliphatic carbocycles. The number of halogens is 2.